The van der Waals surface area contributed by atoms with Gasteiger partial charge in [0.05, 0.1) is 0 Å². The Morgan fingerprint density at radius 2 is 2.00 bits per heavy atom. The Morgan fingerprint density at radius 3 is 2.80 bits per heavy atom. The molecule has 0 bridgehead atoms. The van der Waals surface area contributed by atoms with Crippen LogP contribution in [-0.4, -0.2) is 29.2 Å². The molecule has 0 saturated heterocycles. The topological polar surface area (TPSA) is 85.4 Å². The van der Waals surface area contributed by atoms with E-state index in [-0.39, 0.29) is 12.7 Å². The summed E-state index contributed by atoms with van der Waals surface area (Å²) in [4.78, 5) is 20.8. The van der Waals surface area contributed by atoms with Gasteiger partial charge in [-0.15, -0.1) is 0 Å². The highest BCUT2D eigenvalue weighted by Crippen LogP contribution is 2.34. The molecule has 0 atom stereocenters. The van der Waals surface area contributed by atoms with Crippen molar-refractivity contribution in [3.05, 3.63) is 35.8 Å². The molecule has 132 valence electrons. The first-order valence-corrected chi connectivity index (χ1v) is 8.32. The zero-order chi connectivity index (χ0) is 17.8. The Bertz CT molecular complexity index is 777. The van der Waals surface area contributed by atoms with E-state index in [1.807, 2.05) is 18.2 Å². The summed E-state index contributed by atoms with van der Waals surface area (Å²) in [5.74, 6) is 2.83. The number of ether oxygens (including phenoxy) is 2. The highest BCUT2D eigenvalue weighted by molar-refractivity contribution is 5.93. The van der Waals surface area contributed by atoms with Gasteiger partial charge in [-0.3, -0.25) is 4.79 Å². The first-order valence-electron chi connectivity index (χ1n) is 8.32. The molecule has 1 aliphatic rings. The van der Waals surface area contributed by atoms with Gasteiger partial charge in [0.25, 0.3) is 5.91 Å². The lowest BCUT2D eigenvalue weighted by Gasteiger charge is -2.10. The zero-order valence-electron chi connectivity index (χ0n) is 14.6. The molecule has 0 spiro atoms. The van der Waals surface area contributed by atoms with Crippen LogP contribution in [0.5, 0.6) is 11.5 Å². The predicted molar refractivity (Wildman–Crippen MR) is 94.4 cm³/mol. The van der Waals surface area contributed by atoms with Gasteiger partial charge in [-0.1, -0.05) is 13.8 Å². The van der Waals surface area contributed by atoms with Crippen molar-refractivity contribution in [3.8, 4) is 11.5 Å². The molecule has 0 unspecified atom stereocenters. The van der Waals surface area contributed by atoms with Gasteiger partial charge in [0.15, 0.2) is 11.5 Å². The molecular weight excluding hydrogens is 320 g/mol. The molecule has 0 radical (unpaired) electrons. The van der Waals surface area contributed by atoms with Gasteiger partial charge >= 0.3 is 0 Å². The number of fused-ring (bicyclic) bond motifs is 1. The summed E-state index contributed by atoms with van der Waals surface area (Å²) in [5, 5.41) is 6.07. The number of aromatic nitrogens is 2. The number of nitrogens with one attached hydrogen (secondary N) is 2. The van der Waals surface area contributed by atoms with E-state index in [0.29, 0.717) is 35.5 Å². The maximum atomic E-state index is 12.3. The van der Waals surface area contributed by atoms with Crippen molar-refractivity contribution in [3.63, 3.8) is 0 Å². The van der Waals surface area contributed by atoms with E-state index in [4.69, 9.17) is 9.47 Å². The third-order valence-electron chi connectivity index (χ3n) is 3.72. The van der Waals surface area contributed by atoms with Crippen LogP contribution in [0.4, 0.5) is 11.5 Å². The van der Waals surface area contributed by atoms with E-state index in [0.717, 1.165) is 17.9 Å². The maximum Gasteiger partial charge on any atom is 0.270 e. The SMILES string of the molecule is Cc1nc(Nc2ccc3c(c2)OCO3)cc(C(=O)NCCC(C)C)n1. The average Bonchev–Trinajstić information content (AvgIpc) is 3.01. The van der Waals surface area contributed by atoms with Gasteiger partial charge in [-0.25, -0.2) is 9.97 Å². The van der Waals surface area contributed by atoms with E-state index in [9.17, 15) is 4.79 Å². The third kappa shape index (κ3) is 4.37. The molecule has 0 aliphatic carbocycles. The van der Waals surface area contributed by atoms with Crippen LogP contribution in [0, 0.1) is 12.8 Å². The summed E-state index contributed by atoms with van der Waals surface area (Å²) in [6.45, 7) is 6.86. The summed E-state index contributed by atoms with van der Waals surface area (Å²) >= 11 is 0. The molecule has 7 nitrogen and oxygen atoms in total. The molecule has 1 aromatic heterocycles. The second-order valence-electron chi connectivity index (χ2n) is 6.32. The van der Waals surface area contributed by atoms with Gasteiger partial charge in [0.2, 0.25) is 6.79 Å². The van der Waals surface area contributed by atoms with Crippen LogP contribution in [0.3, 0.4) is 0 Å². The number of anilines is 2. The third-order valence-corrected chi connectivity index (χ3v) is 3.72. The normalized spacial score (nSPS) is 12.3. The predicted octanol–water partition coefficient (Wildman–Crippen LogP) is 3.03. The number of carbonyl (C=O) groups is 1. The molecule has 1 amide bonds. The number of nitrogens with zero attached hydrogens (tertiary/aromatic N) is 2. The van der Waals surface area contributed by atoms with Gasteiger partial charge in [-0.05, 0) is 31.4 Å². The highest BCUT2D eigenvalue weighted by atomic mass is 16.7. The van der Waals surface area contributed by atoms with Crippen LogP contribution in [0.25, 0.3) is 0 Å². The monoisotopic (exact) mass is 342 g/mol. The molecule has 2 heterocycles. The second-order valence-corrected chi connectivity index (χ2v) is 6.32. The molecular formula is C18H22N4O3. The smallest absolute Gasteiger partial charge is 0.270 e. The lowest BCUT2D eigenvalue weighted by atomic mass is 10.1. The van der Waals surface area contributed by atoms with Crippen molar-refractivity contribution in [2.45, 2.75) is 27.2 Å². The standard InChI is InChI=1S/C18H22N4O3/c1-11(2)6-7-19-18(23)14-9-17(21-12(3)20-14)22-13-4-5-15-16(8-13)25-10-24-15/h4-5,8-9,11H,6-7,10H2,1-3H3,(H,19,23)(H,20,21,22). The van der Waals surface area contributed by atoms with Crippen molar-refractivity contribution in [2.24, 2.45) is 5.92 Å². The molecule has 1 aromatic carbocycles. The van der Waals surface area contributed by atoms with Crippen LogP contribution >= 0.6 is 0 Å². The van der Waals surface area contributed by atoms with E-state index in [1.54, 1.807) is 13.0 Å². The number of hydrogen-bond donors (Lipinski definition) is 2. The minimum Gasteiger partial charge on any atom is -0.454 e. The molecule has 0 fully saturated rings. The fraction of sp³-hybridized carbons (Fsp3) is 0.389. The minimum atomic E-state index is -0.195. The van der Waals surface area contributed by atoms with Gasteiger partial charge in [0.1, 0.15) is 17.3 Å². The zero-order valence-corrected chi connectivity index (χ0v) is 14.6. The van der Waals surface area contributed by atoms with Crippen LogP contribution in [0.15, 0.2) is 24.3 Å². The molecule has 7 heteroatoms. The molecule has 1 aliphatic heterocycles. The number of amides is 1. The van der Waals surface area contributed by atoms with Crippen LogP contribution in [0.2, 0.25) is 0 Å². The molecule has 0 saturated carbocycles. The lowest BCUT2D eigenvalue weighted by Crippen LogP contribution is -2.26. The number of benzene rings is 1. The van der Waals surface area contributed by atoms with Crippen LogP contribution in [-0.2, 0) is 0 Å². The van der Waals surface area contributed by atoms with Crippen molar-refractivity contribution < 1.29 is 14.3 Å². The van der Waals surface area contributed by atoms with Gasteiger partial charge in [-0.2, -0.15) is 0 Å². The first kappa shape index (κ1) is 17.0. The minimum absolute atomic E-state index is 0.195. The summed E-state index contributed by atoms with van der Waals surface area (Å²) in [6, 6.07) is 7.18. The quantitative estimate of drug-likeness (QED) is 0.839. The number of aryl methyl sites for hydroxylation is 1. The van der Waals surface area contributed by atoms with Crippen molar-refractivity contribution in [1.29, 1.82) is 0 Å². The Morgan fingerprint density at radius 1 is 1.20 bits per heavy atom. The molecule has 2 N–H and O–H groups in total. The van der Waals surface area contributed by atoms with E-state index in [2.05, 4.69) is 34.4 Å². The van der Waals surface area contributed by atoms with E-state index in [1.165, 1.54) is 0 Å². The number of carbonyl (C=O) groups excluding carboxylic acids is 1. The molecule has 2 aromatic rings. The summed E-state index contributed by atoms with van der Waals surface area (Å²) in [7, 11) is 0. The summed E-state index contributed by atoms with van der Waals surface area (Å²) in [5.41, 5.74) is 1.15. The fourth-order valence-corrected chi connectivity index (χ4v) is 2.44. The van der Waals surface area contributed by atoms with E-state index >= 15 is 0 Å². The summed E-state index contributed by atoms with van der Waals surface area (Å²) < 4.78 is 10.7. The van der Waals surface area contributed by atoms with E-state index < -0.39 is 0 Å². The van der Waals surface area contributed by atoms with Crippen LogP contribution < -0.4 is 20.1 Å². The Labute approximate surface area is 146 Å². The van der Waals surface area contributed by atoms with Gasteiger partial charge in [0, 0.05) is 24.4 Å². The van der Waals surface area contributed by atoms with Crippen molar-refractivity contribution >= 4 is 17.4 Å². The van der Waals surface area contributed by atoms with Crippen molar-refractivity contribution in [2.75, 3.05) is 18.7 Å². The Hall–Kier alpha value is -2.83. The van der Waals surface area contributed by atoms with Gasteiger partial charge < -0.3 is 20.1 Å². The summed E-state index contributed by atoms with van der Waals surface area (Å²) in [6.07, 6.45) is 0.929. The second kappa shape index (κ2) is 7.38. The van der Waals surface area contributed by atoms with Crippen LogP contribution in [0.1, 0.15) is 36.6 Å². The Kier molecular flexibility index (Phi) is 5.02. The number of hydrogen-bond acceptors (Lipinski definition) is 6. The Balaban J connectivity index is 1.72. The van der Waals surface area contributed by atoms with Crippen molar-refractivity contribution in [1.82, 2.24) is 15.3 Å². The average molecular weight is 342 g/mol. The lowest BCUT2D eigenvalue weighted by molar-refractivity contribution is 0.0946. The fourth-order valence-electron chi connectivity index (χ4n) is 2.44. The number of rotatable bonds is 6. The first-order chi connectivity index (χ1) is 12.0. The molecule has 3 rings (SSSR count). The highest BCUT2D eigenvalue weighted by Gasteiger charge is 2.14. The maximum absolute atomic E-state index is 12.3. The molecule has 25 heavy (non-hydrogen) atoms. The largest absolute Gasteiger partial charge is 0.454 e.